The van der Waals surface area contributed by atoms with Crippen LogP contribution in [-0.2, 0) is 0 Å². The molecule has 1 amide bonds. The Morgan fingerprint density at radius 2 is 2.58 bits per heavy atom. The molecule has 0 aromatic carbocycles. The minimum atomic E-state index is -0.330. The molecule has 0 radical (unpaired) electrons. The fourth-order valence-corrected chi connectivity index (χ4v) is 0.791. The number of rotatable bonds is 3. The number of halogens is 1. The Morgan fingerprint density at radius 3 is 3.08 bits per heavy atom. The van der Waals surface area contributed by atoms with Crippen molar-refractivity contribution in [1.82, 2.24) is 10.3 Å². The molecule has 0 aliphatic rings. The summed E-state index contributed by atoms with van der Waals surface area (Å²) in [5.74, 6) is 0.748. The third kappa shape index (κ3) is 2.23. The van der Waals surface area contributed by atoms with Gasteiger partial charge in [-0.15, -0.1) is 11.6 Å². The molecule has 0 unspecified atom stereocenters. The lowest BCUT2D eigenvalue weighted by Gasteiger charge is -1.96. The van der Waals surface area contributed by atoms with Gasteiger partial charge in [-0.3, -0.25) is 4.79 Å². The van der Waals surface area contributed by atoms with E-state index in [2.05, 4.69) is 10.3 Å². The van der Waals surface area contributed by atoms with Gasteiger partial charge in [-0.25, -0.2) is 4.98 Å². The Labute approximate surface area is 74.9 Å². The van der Waals surface area contributed by atoms with E-state index in [1.54, 1.807) is 6.92 Å². The van der Waals surface area contributed by atoms with Crippen LogP contribution < -0.4 is 5.32 Å². The molecule has 0 fully saturated rings. The summed E-state index contributed by atoms with van der Waals surface area (Å²) in [4.78, 5) is 14.8. The molecule has 4 nitrogen and oxygen atoms in total. The number of alkyl halides is 1. The molecule has 0 spiro atoms. The van der Waals surface area contributed by atoms with Gasteiger partial charge in [0, 0.05) is 12.4 Å². The number of carbonyl (C=O) groups is 1. The lowest BCUT2D eigenvalue weighted by molar-refractivity contribution is 0.0920. The number of oxazole rings is 1. The van der Waals surface area contributed by atoms with Crippen LogP contribution in [0.5, 0.6) is 0 Å². The molecule has 5 heteroatoms. The molecule has 1 aromatic rings. The Bertz CT molecular complexity index is 272. The second-order valence-electron chi connectivity index (χ2n) is 2.22. The van der Waals surface area contributed by atoms with Crippen molar-refractivity contribution in [2.75, 3.05) is 12.4 Å². The maximum Gasteiger partial charge on any atom is 0.307 e. The molecule has 0 aliphatic heterocycles. The Balaban J connectivity index is 2.53. The maximum atomic E-state index is 11.1. The van der Waals surface area contributed by atoms with E-state index in [0.717, 1.165) is 0 Å². The highest BCUT2D eigenvalue weighted by Crippen LogP contribution is 2.00. The van der Waals surface area contributed by atoms with Gasteiger partial charge in [-0.05, 0) is 6.92 Å². The summed E-state index contributed by atoms with van der Waals surface area (Å²) in [5.41, 5.74) is 0. The summed E-state index contributed by atoms with van der Waals surface area (Å²) >= 11 is 5.37. The highest BCUT2D eigenvalue weighted by molar-refractivity contribution is 6.18. The standard InChI is InChI=1S/C7H9ClN2O2/c1-5-4-10-7(12-5)6(11)9-3-2-8/h4H,2-3H2,1H3,(H,9,11). The number of nitrogens with one attached hydrogen (secondary N) is 1. The van der Waals surface area contributed by atoms with Crippen LogP contribution in [-0.4, -0.2) is 23.3 Å². The van der Waals surface area contributed by atoms with Crippen molar-refractivity contribution in [2.24, 2.45) is 0 Å². The van der Waals surface area contributed by atoms with Crippen molar-refractivity contribution in [3.8, 4) is 0 Å². The molecule has 12 heavy (non-hydrogen) atoms. The quantitative estimate of drug-likeness (QED) is 0.719. The van der Waals surface area contributed by atoms with Crippen molar-refractivity contribution >= 4 is 17.5 Å². The molecule has 1 aromatic heterocycles. The van der Waals surface area contributed by atoms with E-state index in [-0.39, 0.29) is 11.8 Å². The average Bonchev–Trinajstić information content (AvgIpc) is 2.47. The van der Waals surface area contributed by atoms with Crippen LogP contribution >= 0.6 is 11.6 Å². The summed E-state index contributed by atoms with van der Waals surface area (Å²) in [7, 11) is 0. The number of aryl methyl sites for hydroxylation is 1. The number of hydrogen-bond acceptors (Lipinski definition) is 3. The molecule has 1 heterocycles. The fourth-order valence-electron chi connectivity index (χ4n) is 0.696. The first kappa shape index (κ1) is 9.06. The molecule has 66 valence electrons. The van der Waals surface area contributed by atoms with E-state index in [4.69, 9.17) is 16.0 Å². The topological polar surface area (TPSA) is 55.1 Å². The average molecular weight is 189 g/mol. The molecule has 0 aliphatic carbocycles. The zero-order valence-electron chi connectivity index (χ0n) is 6.63. The predicted octanol–water partition coefficient (Wildman–Crippen LogP) is 0.952. The van der Waals surface area contributed by atoms with Crippen LogP contribution in [0.15, 0.2) is 10.6 Å². The van der Waals surface area contributed by atoms with Gasteiger partial charge < -0.3 is 9.73 Å². The first-order chi connectivity index (χ1) is 5.74. The third-order valence-electron chi connectivity index (χ3n) is 1.20. The minimum absolute atomic E-state index is 0.0811. The van der Waals surface area contributed by atoms with E-state index in [9.17, 15) is 4.79 Å². The maximum absolute atomic E-state index is 11.1. The Kier molecular flexibility index (Phi) is 3.10. The highest BCUT2D eigenvalue weighted by Gasteiger charge is 2.09. The molecule has 0 saturated heterocycles. The first-order valence-electron chi connectivity index (χ1n) is 3.50. The van der Waals surface area contributed by atoms with Crippen LogP contribution in [0.4, 0.5) is 0 Å². The zero-order valence-corrected chi connectivity index (χ0v) is 7.39. The summed E-state index contributed by atoms with van der Waals surface area (Å²) in [6, 6.07) is 0. The van der Waals surface area contributed by atoms with Gasteiger partial charge in [0.1, 0.15) is 5.76 Å². The first-order valence-corrected chi connectivity index (χ1v) is 4.04. The van der Waals surface area contributed by atoms with Crippen LogP contribution in [0.1, 0.15) is 16.4 Å². The van der Waals surface area contributed by atoms with Gasteiger partial charge in [-0.2, -0.15) is 0 Å². The van der Waals surface area contributed by atoms with Crippen LogP contribution in [0.2, 0.25) is 0 Å². The molecule has 1 N–H and O–H groups in total. The number of amides is 1. The van der Waals surface area contributed by atoms with Crippen molar-refractivity contribution < 1.29 is 9.21 Å². The number of hydrogen-bond donors (Lipinski definition) is 1. The van der Waals surface area contributed by atoms with E-state index >= 15 is 0 Å². The molecule has 1 rings (SSSR count). The van der Waals surface area contributed by atoms with Gasteiger partial charge >= 0.3 is 5.91 Å². The van der Waals surface area contributed by atoms with E-state index in [1.807, 2.05) is 0 Å². The van der Waals surface area contributed by atoms with Crippen LogP contribution in [0.3, 0.4) is 0 Å². The van der Waals surface area contributed by atoms with E-state index < -0.39 is 0 Å². The number of carbonyl (C=O) groups excluding carboxylic acids is 1. The fraction of sp³-hybridized carbons (Fsp3) is 0.429. The second-order valence-corrected chi connectivity index (χ2v) is 2.60. The number of aromatic nitrogens is 1. The lowest BCUT2D eigenvalue weighted by Crippen LogP contribution is -2.25. The largest absolute Gasteiger partial charge is 0.438 e. The summed E-state index contributed by atoms with van der Waals surface area (Å²) in [5, 5.41) is 2.53. The highest BCUT2D eigenvalue weighted by atomic mass is 35.5. The van der Waals surface area contributed by atoms with Gasteiger partial charge in [0.25, 0.3) is 5.89 Å². The molecule has 0 bridgehead atoms. The SMILES string of the molecule is Cc1cnc(C(=O)NCCCl)o1. The predicted molar refractivity (Wildman–Crippen MR) is 44.3 cm³/mol. The summed E-state index contributed by atoms with van der Waals surface area (Å²) in [6.07, 6.45) is 1.50. The molecule has 0 atom stereocenters. The normalized spacial score (nSPS) is 9.83. The molecule has 0 saturated carbocycles. The van der Waals surface area contributed by atoms with Crippen LogP contribution in [0.25, 0.3) is 0 Å². The lowest BCUT2D eigenvalue weighted by atomic mass is 10.6. The monoisotopic (exact) mass is 188 g/mol. The van der Waals surface area contributed by atoms with Crippen molar-refractivity contribution in [3.63, 3.8) is 0 Å². The zero-order chi connectivity index (χ0) is 8.97. The summed E-state index contributed by atoms with van der Waals surface area (Å²) in [6.45, 7) is 2.15. The van der Waals surface area contributed by atoms with E-state index in [1.165, 1.54) is 6.20 Å². The van der Waals surface area contributed by atoms with Gasteiger partial charge in [0.2, 0.25) is 0 Å². The van der Waals surface area contributed by atoms with Gasteiger partial charge in [0.15, 0.2) is 0 Å². The molecular weight excluding hydrogens is 180 g/mol. The van der Waals surface area contributed by atoms with Crippen molar-refractivity contribution in [1.29, 1.82) is 0 Å². The second kappa shape index (κ2) is 4.11. The van der Waals surface area contributed by atoms with Gasteiger partial charge in [0.05, 0.1) is 6.20 Å². The number of nitrogens with zero attached hydrogens (tertiary/aromatic N) is 1. The Hall–Kier alpha value is -1.03. The molecular formula is C7H9ClN2O2. The van der Waals surface area contributed by atoms with Crippen LogP contribution in [0, 0.1) is 6.92 Å². The third-order valence-corrected chi connectivity index (χ3v) is 1.38. The smallest absolute Gasteiger partial charge is 0.307 e. The Morgan fingerprint density at radius 1 is 1.83 bits per heavy atom. The van der Waals surface area contributed by atoms with E-state index in [0.29, 0.717) is 18.2 Å². The van der Waals surface area contributed by atoms with Crippen molar-refractivity contribution in [2.45, 2.75) is 6.92 Å². The minimum Gasteiger partial charge on any atom is -0.438 e. The van der Waals surface area contributed by atoms with Crippen molar-refractivity contribution in [3.05, 3.63) is 17.8 Å². The van der Waals surface area contributed by atoms with Gasteiger partial charge in [-0.1, -0.05) is 0 Å². The summed E-state index contributed by atoms with van der Waals surface area (Å²) < 4.78 is 4.98.